The van der Waals surface area contributed by atoms with Crippen molar-refractivity contribution in [3.8, 4) is 5.75 Å². The van der Waals surface area contributed by atoms with Gasteiger partial charge >= 0.3 is 6.18 Å². The van der Waals surface area contributed by atoms with Gasteiger partial charge in [0.25, 0.3) is 5.91 Å². The normalized spacial score (nSPS) is 18.8. The monoisotopic (exact) mass is 460 g/mol. The van der Waals surface area contributed by atoms with Gasteiger partial charge in [0.1, 0.15) is 29.2 Å². The number of fused-ring (bicyclic) bond motifs is 1. The summed E-state index contributed by atoms with van der Waals surface area (Å²) >= 11 is 0. The second-order valence-corrected chi connectivity index (χ2v) is 8.18. The number of nitrogens with one attached hydrogen (secondary N) is 1. The van der Waals surface area contributed by atoms with Crippen molar-refractivity contribution in [3.63, 3.8) is 0 Å². The van der Waals surface area contributed by atoms with Crippen LogP contribution in [0, 0.1) is 5.92 Å². The van der Waals surface area contributed by atoms with E-state index in [1.165, 1.54) is 13.2 Å². The van der Waals surface area contributed by atoms with Crippen LogP contribution in [0.15, 0.2) is 30.3 Å². The van der Waals surface area contributed by atoms with Gasteiger partial charge in [-0.1, -0.05) is 6.07 Å². The van der Waals surface area contributed by atoms with Crippen molar-refractivity contribution in [2.45, 2.75) is 37.8 Å². The van der Waals surface area contributed by atoms with E-state index in [4.69, 9.17) is 9.72 Å². The molecular weight excluding hydrogens is 437 g/mol. The first-order valence-electron chi connectivity index (χ1n) is 10.6. The molecule has 0 saturated heterocycles. The molecule has 1 N–H and O–H groups in total. The van der Waals surface area contributed by atoms with E-state index in [-0.39, 0.29) is 17.5 Å². The number of aryl methyl sites for hydroxylation is 1. The summed E-state index contributed by atoms with van der Waals surface area (Å²) in [6, 6.07) is 6.53. The number of ether oxygens (including phenoxy) is 1. The van der Waals surface area contributed by atoms with Gasteiger partial charge in [-0.05, 0) is 43.9 Å². The molecule has 0 bridgehead atoms. The van der Waals surface area contributed by atoms with Crippen molar-refractivity contribution in [2.75, 3.05) is 12.4 Å². The molecule has 1 aliphatic rings. The van der Waals surface area contributed by atoms with Gasteiger partial charge in [0.2, 0.25) is 0 Å². The van der Waals surface area contributed by atoms with E-state index in [9.17, 15) is 22.8 Å². The number of amides is 1. The number of alkyl halides is 3. The first-order valence-corrected chi connectivity index (χ1v) is 10.6. The summed E-state index contributed by atoms with van der Waals surface area (Å²) < 4.78 is 46.2. The van der Waals surface area contributed by atoms with E-state index >= 15 is 0 Å². The molecule has 3 aromatic rings. The summed E-state index contributed by atoms with van der Waals surface area (Å²) in [7, 11) is 3.31. The smallest absolute Gasteiger partial charge is 0.433 e. The van der Waals surface area contributed by atoms with Crippen molar-refractivity contribution in [1.82, 2.24) is 14.5 Å². The molecule has 10 heteroatoms. The number of hydrogen-bond donors (Lipinski definition) is 1. The Morgan fingerprint density at radius 1 is 1.18 bits per heavy atom. The number of methoxy groups -OCH3 is 1. The van der Waals surface area contributed by atoms with Crippen LogP contribution in [-0.2, 0) is 18.0 Å². The molecule has 1 fully saturated rings. The lowest BCUT2D eigenvalue weighted by atomic mass is 9.82. The van der Waals surface area contributed by atoms with Crippen LogP contribution in [0.2, 0.25) is 0 Å². The van der Waals surface area contributed by atoms with Gasteiger partial charge in [0.15, 0.2) is 0 Å². The fourth-order valence-electron chi connectivity index (χ4n) is 4.29. The lowest BCUT2D eigenvalue weighted by molar-refractivity contribution is -0.141. The highest BCUT2D eigenvalue weighted by Crippen LogP contribution is 2.37. The maximum Gasteiger partial charge on any atom is 0.433 e. The summed E-state index contributed by atoms with van der Waals surface area (Å²) in [5.41, 5.74) is 0.226. The number of carbonyl (C=O) groups excluding carboxylic acids is 2. The van der Waals surface area contributed by atoms with E-state index in [0.29, 0.717) is 17.0 Å². The molecule has 2 heterocycles. The number of anilines is 1. The van der Waals surface area contributed by atoms with Crippen LogP contribution in [0.1, 0.15) is 53.6 Å². The van der Waals surface area contributed by atoms with Crippen LogP contribution in [-0.4, -0.2) is 33.8 Å². The molecule has 0 spiro atoms. The Hall–Kier alpha value is -3.43. The highest BCUT2D eigenvalue weighted by Gasteiger charge is 2.33. The molecule has 174 valence electrons. The highest BCUT2D eigenvalue weighted by atomic mass is 19.4. The Balaban J connectivity index is 1.64. The third-order valence-corrected chi connectivity index (χ3v) is 6.09. The van der Waals surface area contributed by atoms with E-state index < -0.39 is 17.8 Å². The second kappa shape index (κ2) is 8.84. The molecule has 1 amide bonds. The molecule has 0 radical (unpaired) electrons. The van der Waals surface area contributed by atoms with E-state index in [2.05, 4.69) is 10.3 Å². The van der Waals surface area contributed by atoms with Crippen LogP contribution in [0.4, 0.5) is 18.9 Å². The molecule has 0 aliphatic heterocycles. The number of benzene rings is 1. The van der Waals surface area contributed by atoms with Crippen LogP contribution in [0.5, 0.6) is 5.75 Å². The van der Waals surface area contributed by atoms with Gasteiger partial charge < -0.3 is 19.4 Å². The number of aromatic nitrogens is 3. The van der Waals surface area contributed by atoms with Crippen molar-refractivity contribution in [1.29, 1.82) is 0 Å². The number of pyridine rings is 1. The lowest BCUT2D eigenvalue weighted by Crippen LogP contribution is -2.17. The third-order valence-electron chi connectivity index (χ3n) is 6.09. The quantitative estimate of drug-likeness (QED) is 0.557. The SMILES string of the molecule is COc1cc2nc([C@H]3CC[C@H](C=O)CC3)n(C)c2cc1NC(=O)c1cccc(C(F)(F)F)n1. The predicted octanol–water partition coefficient (Wildman–Crippen LogP) is 4.72. The van der Waals surface area contributed by atoms with Gasteiger partial charge in [0, 0.05) is 24.9 Å². The Kier molecular flexibility index (Phi) is 6.09. The average Bonchev–Trinajstić information content (AvgIpc) is 3.13. The summed E-state index contributed by atoms with van der Waals surface area (Å²) in [6.07, 6.45) is -0.254. The summed E-state index contributed by atoms with van der Waals surface area (Å²) in [6.45, 7) is 0. The topological polar surface area (TPSA) is 86.1 Å². The van der Waals surface area contributed by atoms with Crippen LogP contribution in [0.3, 0.4) is 0 Å². The van der Waals surface area contributed by atoms with E-state index in [1.54, 1.807) is 12.1 Å². The molecule has 0 unspecified atom stereocenters. The zero-order valence-electron chi connectivity index (χ0n) is 18.1. The summed E-state index contributed by atoms with van der Waals surface area (Å²) in [4.78, 5) is 31.9. The molecule has 4 rings (SSSR count). The first-order chi connectivity index (χ1) is 15.7. The van der Waals surface area contributed by atoms with Crippen LogP contribution in [0.25, 0.3) is 11.0 Å². The molecule has 1 aromatic carbocycles. The van der Waals surface area contributed by atoms with Crippen molar-refractivity contribution in [3.05, 3.63) is 47.5 Å². The van der Waals surface area contributed by atoms with Crippen molar-refractivity contribution >= 4 is 28.9 Å². The van der Waals surface area contributed by atoms with Crippen LogP contribution >= 0.6 is 0 Å². The molecule has 33 heavy (non-hydrogen) atoms. The van der Waals surface area contributed by atoms with Crippen LogP contribution < -0.4 is 10.1 Å². The number of hydrogen-bond acceptors (Lipinski definition) is 5. The van der Waals surface area contributed by atoms with Gasteiger partial charge in [-0.3, -0.25) is 4.79 Å². The first kappa shape index (κ1) is 22.8. The number of halogens is 3. The predicted molar refractivity (Wildman–Crippen MR) is 115 cm³/mol. The van der Waals surface area contributed by atoms with E-state index in [1.807, 2.05) is 11.6 Å². The minimum absolute atomic E-state index is 0.0994. The third kappa shape index (κ3) is 4.55. The molecule has 0 atom stereocenters. The summed E-state index contributed by atoms with van der Waals surface area (Å²) in [5, 5.41) is 2.60. The summed E-state index contributed by atoms with van der Waals surface area (Å²) in [5.74, 6) is 0.754. The fourth-order valence-corrected chi connectivity index (χ4v) is 4.29. The maximum absolute atomic E-state index is 13.0. The van der Waals surface area contributed by atoms with Gasteiger partial charge in [-0.2, -0.15) is 13.2 Å². The zero-order chi connectivity index (χ0) is 23.8. The van der Waals surface area contributed by atoms with Gasteiger partial charge in [-0.15, -0.1) is 0 Å². The largest absolute Gasteiger partial charge is 0.494 e. The van der Waals surface area contributed by atoms with E-state index in [0.717, 1.165) is 55.4 Å². The number of aldehydes is 1. The zero-order valence-corrected chi connectivity index (χ0v) is 18.1. The van der Waals surface area contributed by atoms with Gasteiger partial charge in [0.05, 0.1) is 23.8 Å². The number of carbonyl (C=O) groups is 2. The second-order valence-electron chi connectivity index (χ2n) is 8.18. The minimum atomic E-state index is -4.65. The maximum atomic E-state index is 13.0. The molecular formula is C23H23F3N4O3. The number of rotatable bonds is 5. The Bertz CT molecular complexity index is 1200. The van der Waals surface area contributed by atoms with Crippen molar-refractivity contribution in [2.24, 2.45) is 13.0 Å². The minimum Gasteiger partial charge on any atom is -0.494 e. The Morgan fingerprint density at radius 3 is 2.55 bits per heavy atom. The van der Waals surface area contributed by atoms with Gasteiger partial charge in [-0.25, -0.2) is 9.97 Å². The molecule has 2 aromatic heterocycles. The number of nitrogens with zero attached hydrogens (tertiary/aromatic N) is 3. The number of imidazole rings is 1. The Morgan fingerprint density at radius 2 is 1.91 bits per heavy atom. The molecule has 1 saturated carbocycles. The Labute approximate surface area is 188 Å². The fraction of sp³-hybridized carbons (Fsp3) is 0.391. The van der Waals surface area contributed by atoms with Crippen molar-refractivity contribution < 1.29 is 27.5 Å². The molecule has 1 aliphatic carbocycles. The molecule has 7 nitrogen and oxygen atoms in total. The lowest BCUT2D eigenvalue weighted by Gasteiger charge is -2.24. The average molecular weight is 460 g/mol. The standard InChI is InChI=1S/C23H23F3N4O3/c1-30-18-10-17(29-22(32)15-4-3-5-20(27-15)23(24,25)26)19(33-2)11-16(18)28-21(30)14-8-6-13(12-31)7-9-14/h3-5,10-14H,6-9H2,1-2H3,(H,29,32)/t13-,14-. The highest BCUT2D eigenvalue weighted by molar-refractivity contribution is 6.04.